The van der Waals surface area contributed by atoms with E-state index in [1.54, 1.807) is 19.2 Å². The number of carbonyl (C=O) groups is 3. The smallest absolute Gasteiger partial charge is 0.251 e. The lowest BCUT2D eigenvalue weighted by atomic mass is 10.2. The molecule has 1 aliphatic rings. The molecule has 7 heteroatoms. The van der Waals surface area contributed by atoms with Crippen molar-refractivity contribution >= 4 is 40.3 Å². The number of rotatable bonds is 4. The summed E-state index contributed by atoms with van der Waals surface area (Å²) in [5.41, 5.74) is 0.512. The highest BCUT2D eigenvalue weighted by Gasteiger charge is 2.33. The van der Waals surface area contributed by atoms with Gasteiger partial charge >= 0.3 is 0 Å². The second-order valence-corrected chi connectivity index (χ2v) is 6.29. The molecule has 22 heavy (non-hydrogen) atoms. The Bertz CT molecular complexity index is 574. The number of carbonyl (C=O) groups excluding carboxylic acids is 3. The molecule has 1 aromatic carbocycles. The van der Waals surface area contributed by atoms with Gasteiger partial charge in [0.05, 0.1) is 6.54 Å². The average molecular weight is 415 g/mol. The van der Waals surface area contributed by atoms with Crippen LogP contribution in [-0.2, 0) is 9.59 Å². The van der Waals surface area contributed by atoms with Crippen LogP contribution in [0, 0.1) is 3.57 Å². The van der Waals surface area contributed by atoms with Crippen molar-refractivity contribution in [2.24, 2.45) is 0 Å². The predicted molar refractivity (Wildman–Crippen MR) is 90.3 cm³/mol. The third kappa shape index (κ3) is 3.96. The van der Waals surface area contributed by atoms with Gasteiger partial charge < -0.3 is 15.5 Å². The number of hydrogen-bond acceptors (Lipinski definition) is 3. The maximum Gasteiger partial charge on any atom is 0.251 e. The topological polar surface area (TPSA) is 78.5 Å². The predicted octanol–water partition coefficient (Wildman–Crippen LogP) is 0.758. The zero-order valence-corrected chi connectivity index (χ0v) is 14.4. The summed E-state index contributed by atoms with van der Waals surface area (Å²) in [6.07, 6.45) is 1.46. The summed E-state index contributed by atoms with van der Waals surface area (Å²) in [4.78, 5) is 37.4. The minimum absolute atomic E-state index is 0.0989. The first-order chi connectivity index (χ1) is 10.5. The normalized spacial score (nSPS) is 17.2. The van der Waals surface area contributed by atoms with Crippen molar-refractivity contribution in [3.05, 3.63) is 33.4 Å². The van der Waals surface area contributed by atoms with Crippen LogP contribution in [0.4, 0.5) is 0 Å². The SMILES string of the molecule is CNC(=O)C1CCCN1C(=O)CNC(=O)c1ccc(I)cc1. The second kappa shape index (κ2) is 7.57. The van der Waals surface area contributed by atoms with E-state index in [0.717, 1.165) is 9.99 Å². The van der Waals surface area contributed by atoms with E-state index in [1.165, 1.54) is 4.90 Å². The Morgan fingerprint density at radius 2 is 1.95 bits per heavy atom. The maximum absolute atomic E-state index is 12.2. The summed E-state index contributed by atoms with van der Waals surface area (Å²) in [6.45, 7) is 0.453. The van der Waals surface area contributed by atoms with Crippen LogP contribution in [0.3, 0.4) is 0 Å². The highest BCUT2D eigenvalue weighted by Crippen LogP contribution is 2.17. The Kier molecular flexibility index (Phi) is 5.76. The minimum atomic E-state index is -0.423. The lowest BCUT2D eigenvalue weighted by Gasteiger charge is -2.23. The zero-order chi connectivity index (χ0) is 16.1. The Labute approximate surface area is 142 Å². The van der Waals surface area contributed by atoms with Gasteiger partial charge in [-0.3, -0.25) is 14.4 Å². The van der Waals surface area contributed by atoms with Gasteiger partial charge in [-0.2, -0.15) is 0 Å². The number of hydrogen-bond donors (Lipinski definition) is 2. The number of likely N-dealkylation sites (tertiary alicyclic amines) is 1. The highest BCUT2D eigenvalue weighted by molar-refractivity contribution is 14.1. The molecule has 2 rings (SSSR count). The number of nitrogens with zero attached hydrogens (tertiary/aromatic N) is 1. The molecule has 0 radical (unpaired) electrons. The van der Waals surface area contributed by atoms with Gasteiger partial charge in [0, 0.05) is 22.7 Å². The molecule has 0 aromatic heterocycles. The van der Waals surface area contributed by atoms with Crippen molar-refractivity contribution < 1.29 is 14.4 Å². The van der Waals surface area contributed by atoms with Crippen LogP contribution in [-0.4, -0.2) is 48.8 Å². The van der Waals surface area contributed by atoms with Crippen molar-refractivity contribution in [2.45, 2.75) is 18.9 Å². The van der Waals surface area contributed by atoms with E-state index in [1.807, 2.05) is 12.1 Å². The first kappa shape index (κ1) is 16.7. The summed E-state index contributed by atoms with van der Waals surface area (Å²) in [5.74, 6) is -0.680. The van der Waals surface area contributed by atoms with E-state index in [9.17, 15) is 14.4 Å². The molecule has 0 saturated carbocycles. The van der Waals surface area contributed by atoms with Gasteiger partial charge in [0.1, 0.15) is 6.04 Å². The van der Waals surface area contributed by atoms with Gasteiger partial charge in [-0.15, -0.1) is 0 Å². The number of likely N-dealkylation sites (N-methyl/N-ethyl adjacent to an activating group) is 1. The molecule has 6 nitrogen and oxygen atoms in total. The Hall–Kier alpha value is -1.64. The fourth-order valence-electron chi connectivity index (χ4n) is 2.47. The summed E-state index contributed by atoms with van der Waals surface area (Å²) >= 11 is 2.16. The third-order valence-corrected chi connectivity index (χ3v) is 4.35. The van der Waals surface area contributed by atoms with Gasteiger partial charge in [-0.25, -0.2) is 0 Å². The monoisotopic (exact) mass is 415 g/mol. The van der Waals surface area contributed by atoms with Crippen LogP contribution in [0.5, 0.6) is 0 Å². The van der Waals surface area contributed by atoms with Crippen LogP contribution in [0.2, 0.25) is 0 Å². The molecule has 1 saturated heterocycles. The molecule has 0 aliphatic carbocycles. The maximum atomic E-state index is 12.2. The van der Waals surface area contributed by atoms with E-state index in [2.05, 4.69) is 33.2 Å². The van der Waals surface area contributed by atoms with Crippen molar-refractivity contribution in [3.8, 4) is 0 Å². The molecular weight excluding hydrogens is 397 g/mol. The Morgan fingerprint density at radius 3 is 2.59 bits per heavy atom. The minimum Gasteiger partial charge on any atom is -0.357 e. The van der Waals surface area contributed by atoms with Crippen molar-refractivity contribution in [2.75, 3.05) is 20.1 Å². The van der Waals surface area contributed by atoms with Crippen LogP contribution in [0.1, 0.15) is 23.2 Å². The molecule has 1 unspecified atom stereocenters. The largest absolute Gasteiger partial charge is 0.357 e. The first-order valence-corrected chi connectivity index (χ1v) is 8.15. The van der Waals surface area contributed by atoms with Gasteiger partial charge in [0.25, 0.3) is 5.91 Å². The molecule has 2 N–H and O–H groups in total. The number of amides is 3. The highest BCUT2D eigenvalue weighted by atomic mass is 127. The zero-order valence-electron chi connectivity index (χ0n) is 12.3. The van der Waals surface area contributed by atoms with Gasteiger partial charge in [-0.05, 0) is 59.7 Å². The third-order valence-electron chi connectivity index (χ3n) is 3.63. The quantitative estimate of drug-likeness (QED) is 0.713. The van der Waals surface area contributed by atoms with E-state index < -0.39 is 6.04 Å². The molecule has 1 atom stereocenters. The van der Waals surface area contributed by atoms with E-state index >= 15 is 0 Å². The van der Waals surface area contributed by atoms with Crippen molar-refractivity contribution in [1.82, 2.24) is 15.5 Å². The van der Waals surface area contributed by atoms with E-state index in [4.69, 9.17) is 0 Å². The standard InChI is InChI=1S/C15H18IN3O3/c1-17-15(22)12-3-2-8-19(12)13(20)9-18-14(21)10-4-6-11(16)7-5-10/h4-7,12H,2-3,8-9H2,1H3,(H,17,22)(H,18,21). The molecule has 1 fully saturated rings. The van der Waals surface area contributed by atoms with Gasteiger partial charge in [0.2, 0.25) is 11.8 Å². The molecule has 0 spiro atoms. The lowest BCUT2D eigenvalue weighted by molar-refractivity contribution is -0.137. The Morgan fingerprint density at radius 1 is 1.27 bits per heavy atom. The molecular formula is C15H18IN3O3. The second-order valence-electron chi connectivity index (χ2n) is 5.05. The van der Waals surface area contributed by atoms with Crippen molar-refractivity contribution in [1.29, 1.82) is 0 Å². The Balaban J connectivity index is 1.90. The molecule has 3 amide bonds. The van der Waals surface area contributed by atoms with Crippen LogP contribution >= 0.6 is 22.6 Å². The molecule has 1 heterocycles. The van der Waals surface area contributed by atoms with Gasteiger partial charge in [-0.1, -0.05) is 0 Å². The molecule has 1 aliphatic heterocycles. The van der Waals surface area contributed by atoms with Crippen LogP contribution < -0.4 is 10.6 Å². The number of nitrogens with one attached hydrogen (secondary N) is 2. The van der Waals surface area contributed by atoms with E-state index in [-0.39, 0.29) is 24.3 Å². The summed E-state index contributed by atoms with van der Waals surface area (Å²) < 4.78 is 1.04. The summed E-state index contributed by atoms with van der Waals surface area (Å²) in [5, 5.41) is 5.18. The number of halogens is 1. The molecule has 1 aromatic rings. The molecule has 118 valence electrons. The van der Waals surface area contributed by atoms with Crippen LogP contribution in [0.15, 0.2) is 24.3 Å². The summed E-state index contributed by atoms with van der Waals surface area (Å²) in [7, 11) is 1.56. The fourth-order valence-corrected chi connectivity index (χ4v) is 2.82. The lowest BCUT2D eigenvalue weighted by Crippen LogP contribution is -2.48. The van der Waals surface area contributed by atoms with E-state index in [0.29, 0.717) is 18.5 Å². The van der Waals surface area contributed by atoms with Gasteiger partial charge in [0.15, 0.2) is 0 Å². The van der Waals surface area contributed by atoms with Crippen molar-refractivity contribution in [3.63, 3.8) is 0 Å². The average Bonchev–Trinajstić information content (AvgIpc) is 3.01. The summed E-state index contributed by atoms with van der Waals surface area (Å²) in [6, 6.07) is 6.67. The molecule has 0 bridgehead atoms. The number of benzene rings is 1. The first-order valence-electron chi connectivity index (χ1n) is 7.07. The van der Waals surface area contributed by atoms with Crippen LogP contribution in [0.25, 0.3) is 0 Å². The fraction of sp³-hybridized carbons (Fsp3) is 0.400.